The number of likely N-dealkylation sites (tertiary alicyclic amines) is 1. The minimum atomic E-state index is -4.48. The molecule has 1 N–H and O–H groups in total. The molecule has 1 spiro atoms. The molecule has 2 aliphatic rings. The molecule has 4 rings (SSSR count). The van der Waals surface area contributed by atoms with Gasteiger partial charge in [0.15, 0.2) is 0 Å². The Kier molecular flexibility index (Phi) is 4.92. The number of carbonyl (C=O) groups is 2. The predicted octanol–water partition coefficient (Wildman–Crippen LogP) is 4.37. The van der Waals surface area contributed by atoms with Gasteiger partial charge in [-0.15, -0.1) is 0 Å². The molecule has 7 heteroatoms. The fourth-order valence-electron chi connectivity index (χ4n) is 4.36. The van der Waals surface area contributed by atoms with Crippen LogP contribution in [-0.2, 0) is 16.5 Å². The van der Waals surface area contributed by atoms with E-state index in [-0.39, 0.29) is 23.0 Å². The number of rotatable bonds is 2. The number of nitrogens with zero attached hydrogens (tertiary/aromatic N) is 1. The standard InChI is InChI=1S/C23H21F3N2O2/c1-15(14-16-6-2-4-8-18(16)23(24,25)26)21(30)28-12-10-22(11-13-28)19-9-5-3-7-17(19)20(29)27-22/h2-9,14H,10-13H2,1H3,(H,27,29)/b15-14+. The van der Waals surface area contributed by atoms with Gasteiger partial charge in [-0.1, -0.05) is 36.4 Å². The van der Waals surface area contributed by atoms with E-state index in [2.05, 4.69) is 5.32 Å². The van der Waals surface area contributed by atoms with Crippen LogP contribution in [0.5, 0.6) is 0 Å². The summed E-state index contributed by atoms with van der Waals surface area (Å²) in [5.74, 6) is -0.398. The Bertz CT molecular complexity index is 1030. The van der Waals surface area contributed by atoms with Crippen molar-refractivity contribution in [2.24, 2.45) is 0 Å². The molecule has 4 nitrogen and oxygen atoms in total. The van der Waals surface area contributed by atoms with E-state index in [0.29, 0.717) is 31.5 Å². The van der Waals surface area contributed by atoms with E-state index in [0.717, 1.165) is 11.6 Å². The summed E-state index contributed by atoms with van der Waals surface area (Å²) < 4.78 is 39.7. The molecule has 0 saturated carbocycles. The summed E-state index contributed by atoms with van der Waals surface area (Å²) in [6.07, 6.45) is -2.06. The third kappa shape index (κ3) is 3.49. The molecule has 2 aromatic rings. The highest BCUT2D eigenvalue weighted by molar-refractivity contribution is 6.00. The van der Waals surface area contributed by atoms with Crippen LogP contribution in [0.2, 0.25) is 0 Å². The highest BCUT2D eigenvalue weighted by Gasteiger charge is 2.45. The lowest BCUT2D eigenvalue weighted by Gasteiger charge is -2.40. The van der Waals surface area contributed by atoms with Gasteiger partial charge >= 0.3 is 6.18 Å². The maximum atomic E-state index is 13.2. The summed E-state index contributed by atoms with van der Waals surface area (Å²) in [6, 6.07) is 12.7. The second kappa shape index (κ2) is 7.31. The van der Waals surface area contributed by atoms with Gasteiger partial charge in [0.1, 0.15) is 0 Å². The Morgan fingerprint density at radius 3 is 2.40 bits per heavy atom. The van der Waals surface area contributed by atoms with Gasteiger partial charge in [0.25, 0.3) is 5.91 Å². The first-order valence-electron chi connectivity index (χ1n) is 9.77. The number of piperidine rings is 1. The Labute approximate surface area is 172 Å². The molecule has 0 aliphatic carbocycles. The fraction of sp³-hybridized carbons (Fsp3) is 0.304. The summed E-state index contributed by atoms with van der Waals surface area (Å²) >= 11 is 0. The minimum Gasteiger partial charge on any atom is -0.342 e. The van der Waals surface area contributed by atoms with Gasteiger partial charge in [0.05, 0.1) is 11.1 Å². The number of benzene rings is 2. The van der Waals surface area contributed by atoms with Crippen molar-refractivity contribution in [2.75, 3.05) is 13.1 Å². The zero-order valence-electron chi connectivity index (χ0n) is 16.4. The molecule has 0 bridgehead atoms. The molecule has 1 fully saturated rings. The van der Waals surface area contributed by atoms with Crippen LogP contribution in [0.4, 0.5) is 13.2 Å². The number of hydrogen-bond acceptors (Lipinski definition) is 2. The number of halogens is 3. The van der Waals surface area contributed by atoms with Crippen LogP contribution in [0.1, 0.15) is 46.8 Å². The lowest BCUT2D eigenvalue weighted by atomic mass is 9.81. The second-order valence-electron chi connectivity index (χ2n) is 7.79. The van der Waals surface area contributed by atoms with Crippen LogP contribution in [0.3, 0.4) is 0 Å². The predicted molar refractivity (Wildman–Crippen MR) is 106 cm³/mol. The summed E-state index contributed by atoms with van der Waals surface area (Å²) in [7, 11) is 0. The average Bonchev–Trinajstić information content (AvgIpc) is 2.99. The van der Waals surface area contributed by atoms with E-state index in [4.69, 9.17) is 0 Å². The van der Waals surface area contributed by atoms with Crippen molar-refractivity contribution in [3.05, 3.63) is 76.4 Å². The third-order valence-electron chi connectivity index (χ3n) is 5.92. The third-order valence-corrected chi connectivity index (χ3v) is 5.92. The van der Waals surface area contributed by atoms with E-state index in [9.17, 15) is 22.8 Å². The number of hydrogen-bond donors (Lipinski definition) is 1. The SMILES string of the molecule is C/C(=C\c1ccccc1C(F)(F)F)C(=O)N1CCC2(CC1)NC(=O)c1ccccc12. The van der Waals surface area contributed by atoms with Crippen molar-refractivity contribution >= 4 is 17.9 Å². The largest absolute Gasteiger partial charge is 0.416 e. The zero-order valence-corrected chi connectivity index (χ0v) is 16.4. The van der Waals surface area contributed by atoms with Gasteiger partial charge in [-0.25, -0.2) is 0 Å². The average molecular weight is 414 g/mol. The number of alkyl halides is 3. The topological polar surface area (TPSA) is 49.4 Å². The molecule has 156 valence electrons. The van der Waals surface area contributed by atoms with Gasteiger partial charge in [0.2, 0.25) is 5.91 Å². The molecule has 1 saturated heterocycles. The van der Waals surface area contributed by atoms with Crippen molar-refractivity contribution < 1.29 is 22.8 Å². The zero-order chi connectivity index (χ0) is 21.5. The van der Waals surface area contributed by atoms with Crippen LogP contribution in [0.25, 0.3) is 6.08 Å². The lowest BCUT2D eigenvalue weighted by Crippen LogP contribution is -2.50. The maximum absolute atomic E-state index is 13.2. The van der Waals surface area contributed by atoms with Crippen molar-refractivity contribution in [3.63, 3.8) is 0 Å². The minimum absolute atomic E-state index is 0.0266. The number of fused-ring (bicyclic) bond motifs is 2. The molecule has 0 atom stereocenters. The van der Waals surface area contributed by atoms with Crippen LogP contribution in [0.15, 0.2) is 54.1 Å². The molecule has 0 aromatic heterocycles. The van der Waals surface area contributed by atoms with E-state index in [1.165, 1.54) is 31.2 Å². The van der Waals surface area contributed by atoms with Gasteiger partial charge in [-0.05, 0) is 49.1 Å². The van der Waals surface area contributed by atoms with Gasteiger partial charge in [-0.2, -0.15) is 13.2 Å². The number of amides is 2. The Hall–Kier alpha value is -3.09. The van der Waals surface area contributed by atoms with Crippen LogP contribution >= 0.6 is 0 Å². The molecule has 2 amide bonds. The highest BCUT2D eigenvalue weighted by atomic mass is 19.4. The fourth-order valence-corrected chi connectivity index (χ4v) is 4.36. The van der Waals surface area contributed by atoms with E-state index in [1.54, 1.807) is 11.0 Å². The van der Waals surface area contributed by atoms with Crippen molar-refractivity contribution in [2.45, 2.75) is 31.5 Å². The van der Waals surface area contributed by atoms with Gasteiger partial charge in [0, 0.05) is 24.2 Å². The van der Waals surface area contributed by atoms with E-state index < -0.39 is 17.3 Å². The van der Waals surface area contributed by atoms with Gasteiger partial charge < -0.3 is 10.2 Å². The molecule has 30 heavy (non-hydrogen) atoms. The Morgan fingerprint density at radius 2 is 1.70 bits per heavy atom. The Balaban J connectivity index is 1.51. The molecule has 0 radical (unpaired) electrons. The first-order valence-corrected chi connectivity index (χ1v) is 9.77. The Morgan fingerprint density at radius 1 is 1.07 bits per heavy atom. The maximum Gasteiger partial charge on any atom is 0.416 e. The summed E-state index contributed by atoms with van der Waals surface area (Å²) in [4.78, 5) is 26.8. The summed E-state index contributed by atoms with van der Waals surface area (Å²) in [6.45, 7) is 2.37. The molecule has 2 heterocycles. The van der Waals surface area contributed by atoms with E-state index >= 15 is 0 Å². The van der Waals surface area contributed by atoms with Crippen molar-refractivity contribution in [3.8, 4) is 0 Å². The van der Waals surface area contributed by atoms with E-state index in [1.807, 2.05) is 18.2 Å². The second-order valence-corrected chi connectivity index (χ2v) is 7.79. The number of nitrogens with one attached hydrogen (secondary N) is 1. The summed E-state index contributed by atoms with van der Waals surface area (Å²) in [5.41, 5.74) is 0.593. The normalized spacial score (nSPS) is 18.3. The van der Waals surface area contributed by atoms with Gasteiger partial charge in [-0.3, -0.25) is 9.59 Å². The molecular weight excluding hydrogens is 393 g/mol. The van der Waals surface area contributed by atoms with Crippen LogP contribution in [0, 0.1) is 0 Å². The van der Waals surface area contributed by atoms with Crippen molar-refractivity contribution in [1.29, 1.82) is 0 Å². The molecular formula is C23H21F3N2O2. The highest BCUT2D eigenvalue weighted by Crippen LogP contribution is 2.39. The lowest BCUT2D eigenvalue weighted by molar-refractivity contribution is -0.137. The van der Waals surface area contributed by atoms with Crippen LogP contribution < -0.4 is 5.32 Å². The molecule has 2 aliphatic heterocycles. The molecule has 0 unspecified atom stereocenters. The first-order chi connectivity index (χ1) is 14.2. The van der Waals surface area contributed by atoms with Crippen LogP contribution in [-0.4, -0.2) is 29.8 Å². The first kappa shape index (κ1) is 20.2. The monoisotopic (exact) mass is 414 g/mol. The smallest absolute Gasteiger partial charge is 0.342 e. The van der Waals surface area contributed by atoms with Crippen molar-refractivity contribution in [1.82, 2.24) is 10.2 Å². The quantitative estimate of drug-likeness (QED) is 0.742. The molecule has 2 aromatic carbocycles. The number of carbonyl (C=O) groups excluding carboxylic acids is 2. The summed E-state index contributed by atoms with van der Waals surface area (Å²) in [5, 5.41) is 3.07.